The van der Waals surface area contributed by atoms with E-state index in [4.69, 9.17) is 14.5 Å². The molecule has 1 unspecified atom stereocenters. The van der Waals surface area contributed by atoms with Crippen molar-refractivity contribution >= 4 is 16.7 Å². The lowest BCUT2D eigenvalue weighted by Gasteiger charge is -2.15. The average molecular weight is 288 g/mol. The standard InChI is InChI=1S/C17H24N2O2/c1-4-9-18-17-15(12-21-13(2)11-20-3)10-14-7-5-6-8-16(14)19-17/h5-8,10,13H,4,9,11-12H2,1-3H3,(H,18,19). The van der Waals surface area contributed by atoms with Crippen LogP contribution in [0.5, 0.6) is 0 Å². The number of anilines is 1. The highest BCUT2D eigenvalue weighted by molar-refractivity contribution is 5.81. The Morgan fingerprint density at radius 3 is 2.86 bits per heavy atom. The molecule has 4 nitrogen and oxygen atoms in total. The summed E-state index contributed by atoms with van der Waals surface area (Å²) in [6.07, 6.45) is 1.13. The van der Waals surface area contributed by atoms with Crippen molar-refractivity contribution in [2.45, 2.75) is 33.0 Å². The first-order valence-electron chi connectivity index (χ1n) is 7.47. The number of pyridine rings is 1. The SMILES string of the molecule is CCCNc1nc2ccccc2cc1COC(C)COC. The van der Waals surface area contributed by atoms with Crippen LogP contribution in [0.1, 0.15) is 25.8 Å². The van der Waals surface area contributed by atoms with Gasteiger partial charge in [0.05, 0.1) is 24.8 Å². The van der Waals surface area contributed by atoms with Crippen molar-refractivity contribution in [3.8, 4) is 0 Å². The maximum Gasteiger partial charge on any atom is 0.132 e. The van der Waals surface area contributed by atoms with Gasteiger partial charge in [-0.15, -0.1) is 0 Å². The average Bonchev–Trinajstić information content (AvgIpc) is 2.50. The molecule has 2 aromatic rings. The lowest BCUT2D eigenvalue weighted by Crippen LogP contribution is -2.15. The topological polar surface area (TPSA) is 43.4 Å². The number of aromatic nitrogens is 1. The molecule has 4 heteroatoms. The van der Waals surface area contributed by atoms with Crippen molar-refractivity contribution < 1.29 is 9.47 Å². The summed E-state index contributed by atoms with van der Waals surface area (Å²) >= 11 is 0. The van der Waals surface area contributed by atoms with E-state index in [9.17, 15) is 0 Å². The fourth-order valence-corrected chi connectivity index (χ4v) is 2.18. The first kappa shape index (κ1) is 15.7. The second-order valence-corrected chi connectivity index (χ2v) is 5.19. The van der Waals surface area contributed by atoms with Crippen LogP contribution in [0.15, 0.2) is 30.3 Å². The van der Waals surface area contributed by atoms with Gasteiger partial charge in [0.2, 0.25) is 0 Å². The minimum Gasteiger partial charge on any atom is -0.382 e. The summed E-state index contributed by atoms with van der Waals surface area (Å²) in [4.78, 5) is 4.71. The molecule has 2 rings (SSSR count). The van der Waals surface area contributed by atoms with E-state index in [1.54, 1.807) is 7.11 Å². The molecule has 0 spiro atoms. The number of benzene rings is 1. The van der Waals surface area contributed by atoms with Crippen molar-refractivity contribution in [3.63, 3.8) is 0 Å². The number of para-hydroxylation sites is 1. The zero-order chi connectivity index (χ0) is 15.1. The van der Waals surface area contributed by atoms with Crippen LogP contribution in [0, 0.1) is 0 Å². The van der Waals surface area contributed by atoms with Crippen molar-refractivity contribution in [2.75, 3.05) is 25.6 Å². The van der Waals surface area contributed by atoms with Crippen LogP contribution < -0.4 is 5.32 Å². The van der Waals surface area contributed by atoms with Gasteiger partial charge in [-0.25, -0.2) is 4.98 Å². The van der Waals surface area contributed by atoms with E-state index in [0.29, 0.717) is 13.2 Å². The maximum atomic E-state index is 5.83. The molecule has 1 aromatic heterocycles. The van der Waals surface area contributed by atoms with Gasteiger partial charge in [0, 0.05) is 24.6 Å². The summed E-state index contributed by atoms with van der Waals surface area (Å²) in [5.74, 6) is 0.917. The van der Waals surface area contributed by atoms with Crippen LogP contribution in [0.3, 0.4) is 0 Å². The summed E-state index contributed by atoms with van der Waals surface area (Å²) in [6.45, 7) is 6.20. The van der Waals surface area contributed by atoms with Gasteiger partial charge in [0.1, 0.15) is 5.82 Å². The Bertz CT molecular complexity index is 572. The van der Waals surface area contributed by atoms with E-state index in [2.05, 4.69) is 24.4 Å². The van der Waals surface area contributed by atoms with Crippen molar-refractivity contribution in [1.29, 1.82) is 0 Å². The first-order valence-corrected chi connectivity index (χ1v) is 7.47. The molecule has 1 atom stereocenters. The molecule has 0 aliphatic rings. The van der Waals surface area contributed by atoms with Crippen molar-refractivity contribution in [3.05, 3.63) is 35.9 Å². The first-order chi connectivity index (χ1) is 10.2. The molecule has 1 heterocycles. The zero-order valence-electron chi connectivity index (χ0n) is 13.1. The monoisotopic (exact) mass is 288 g/mol. The van der Waals surface area contributed by atoms with Crippen LogP contribution in [0.4, 0.5) is 5.82 Å². The van der Waals surface area contributed by atoms with Gasteiger partial charge in [-0.1, -0.05) is 25.1 Å². The molecule has 0 aliphatic carbocycles. The number of nitrogens with one attached hydrogen (secondary N) is 1. The molecular weight excluding hydrogens is 264 g/mol. The smallest absolute Gasteiger partial charge is 0.132 e. The molecule has 0 amide bonds. The molecule has 0 saturated heterocycles. The number of nitrogens with zero attached hydrogens (tertiary/aromatic N) is 1. The largest absolute Gasteiger partial charge is 0.382 e. The Morgan fingerprint density at radius 2 is 2.10 bits per heavy atom. The summed E-state index contributed by atoms with van der Waals surface area (Å²) in [5, 5.41) is 4.53. The molecule has 114 valence electrons. The zero-order valence-corrected chi connectivity index (χ0v) is 13.1. The lowest BCUT2D eigenvalue weighted by atomic mass is 10.1. The normalized spacial score (nSPS) is 12.5. The number of ether oxygens (including phenoxy) is 2. The van der Waals surface area contributed by atoms with Gasteiger partial charge in [0.15, 0.2) is 0 Å². The molecule has 0 radical (unpaired) electrons. The molecule has 0 aliphatic heterocycles. The molecule has 0 bridgehead atoms. The molecule has 1 N–H and O–H groups in total. The third-order valence-corrected chi connectivity index (χ3v) is 3.27. The molecule has 21 heavy (non-hydrogen) atoms. The van der Waals surface area contributed by atoms with E-state index in [-0.39, 0.29) is 6.10 Å². The van der Waals surface area contributed by atoms with Crippen LogP contribution in [-0.4, -0.2) is 31.3 Å². The van der Waals surface area contributed by atoms with Crippen LogP contribution in [-0.2, 0) is 16.1 Å². The summed E-state index contributed by atoms with van der Waals surface area (Å²) in [5.41, 5.74) is 2.09. The molecule has 0 saturated carbocycles. The minimum absolute atomic E-state index is 0.0699. The van der Waals surface area contributed by atoms with E-state index in [0.717, 1.165) is 35.2 Å². The molecule has 0 fully saturated rings. The van der Waals surface area contributed by atoms with E-state index in [1.807, 2.05) is 25.1 Å². The second-order valence-electron chi connectivity index (χ2n) is 5.19. The Morgan fingerprint density at radius 1 is 1.29 bits per heavy atom. The highest BCUT2D eigenvalue weighted by Crippen LogP contribution is 2.21. The van der Waals surface area contributed by atoms with Crippen LogP contribution in [0.2, 0.25) is 0 Å². The second kappa shape index (κ2) is 7.96. The Kier molecular flexibility index (Phi) is 5.96. The van der Waals surface area contributed by atoms with Gasteiger partial charge < -0.3 is 14.8 Å². The summed E-state index contributed by atoms with van der Waals surface area (Å²) in [6, 6.07) is 10.3. The predicted octanol–water partition coefficient (Wildman–Crippen LogP) is 3.61. The fraction of sp³-hybridized carbons (Fsp3) is 0.471. The molecule has 1 aromatic carbocycles. The van der Waals surface area contributed by atoms with Crippen molar-refractivity contribution in [2.24, 2.45) is 0 Å². The number of methoxy groups -OCH3 is 1. The minimum atomic E-state index is 0.0699. The number of hydrogen-bond donors (Lipinski definition) is 1. The highest BCUT2D eigenvalue weighted by atomic mass is 16.5. The van der Waals surface area contributed by atoms with E-state index < -0.39 is 0 Å². The third-order valence-electron chi connectivity index (χ3n) is 3.27. The van der Waals surface area contributed by atoms with Crippen molar-refractivity contribution in [1.82, 2.24) is 4.98 Å². The third kappa shape index (κ3) is 4.41. The lowest BCUT2D eigenvalue weighted by molar-refractivity contribution is 0.0000361. The maximum absolute atomic E-state index is 5.83. The summed E-state index contributed by atoms with van der Waals surface area (Å²) in [7, 11) is 1.69. The van der Waals surface area contributed by atoms with E-state index in [1.165, 1.54) is 0 Å². The molecular formula is C17H24N2O2. The van der Waals surface area contributed by atoms with Gasteiger partial charge in [-0.3, -0.25) is 0 Å². The number of fused-ring (bicyclic) bond motifs is 1. The van der Waals surface area contributed by atoms with E-state index >= 15 is 0 Å². The Hall–Kier alpha value is -1.65. The fourth-order valence-electron chi connectivity index (χ4n) is 2.18. The van der Waals surface area contributed by atoms with Gasteiger partial charge in [0.25, 0.3) is 0 Å². The van der Waals surface area contributed by atoms with Gasteiger partial charge >= 0.3 is 0 Å². The van der Waals surface area contributed by atoms with Crippen LogP contribution >= 0.6 is 0 Å². The van der Waals surface area contributed by atoms with Crippen LogP contribution in [0.25, 0.3) is 10.9 Å². The Labute approximate surface area is 126 Å². The highest BCUT2D eigenvalue weighted by Gasteiger charge is 2.09. The number of hydrogen-bond acceptors (Lipinski definition) is 4. The predicted molar refractivity (Wildman–Crippen MR) is 86.7 cm³/mol. The quantitative estimate of drug-likeness (QED) is 0.806. The van der Waals surface area contributed by atoms with Gasteiger partial charge in [-0.05, 0) is 25.5 Å². The summed E-state index contributed by atoms with van der Waals surface area (Å²) < 4.78 is 10.9. The Balaban J connectivity index is 2.21. The number of rotatable bonds is 8. The van der Waals surface area contributed by atoms with Gasteiger partial charge in [-0.2, -0.15) is 0 Å².